The average molecular weight is 280 g/mol. The average Bonchev–Trinajstić information content (AvgIpc) is 2.41. The van der Waals surface area contributed by atoms with Gasteiger partial charge in [0.15, 0.2) is 0 Å². The summed E-state index contributed by atoms with van der Waals surface area (Å²) in [7, 11) is 0. The second-order valence-electron chi connectivity index (χ2n) is 3.80. The van der Waals surface area contributed by atoms with Crippen molar-refractivity contribution < 1.29 is 4.79 Å². The van der Waals surface area contributed by atoms with Gasteiger partial charge in [-0.1, -0.05) is 23.4 Å². The first-order chi connectivity index (χ1) is 9.12. The van der Waals surface area contributed by atoms with Gasteiger partial charge in [0.05, 0.1) is 17.3 Å². The lowest BCUT2D eigenvalue weighted by molar-refractivity contribution is 0.217. The van der Waals surface area contributed by atoms with E-state index in [1.54, 1.807) is 23.1 Å². The van der Waals surface area contributed by atoms with Crippen LogP contribution in [0.2, 0.25) is 5.02 Å². The molecule has 5 heteroatoms. The summed E-state index contributed by atoms with van der Waals surface area (Å²) in [5.74, 6) is 5.67. The smallest absolute Gasteiger partial charge is 0.321 e. The monoisotopic (exact) mass is 279 g/mol. The number of urea groups is 1. The second-order valence-corrected chi connectivity index (χ2v) is 4.21. The molecular formula is C14H18ClN3O. The van der Waals surface area contributed by atoms with E-state index in [-0.39, 0.29) is 6.03 Å². The molecule has 0 bridgehead atoms. The summed E-state index contributed by atoms with van der Waals surface area (Å²) < 4.78 is 0. The maximum atomic E-state index is 12.0. The Bertz CT molecular complexity index is 501. The van der Waals surface area contributed by atoms with Gasteiger partial charge in [-0.15, -0.1) is 0 Å². The number of carbonyl (C=O) groups excluding carboxylic acids is 1. The Labute approximate surface area is 118 Å². The van der Waals surface area contributed by atoms with E-state index in [1.807, 2.05) is 13.8 Å². The van der Waals surface area contributed by atoms with E-state index in [4.69, 9.17) is 17.3 Å². The number of benzene rings is 1. The quantitative estimate of drug-likeness (QED) is 0.836. The van der Waals surface area contributed by atoms with Gasteiger partial charge in [0.2, 0.25) is 0 Å². The summed E-state index contributed by atoms with van der Waals surface area (Å²) in [6.45, 7) is 5.44. The number of carbonyl (C=O) groups is 1. The molecule has 1 aromatic carbocycles. The van der Waals surface area contributed by atoms with Gasteiger partial charge in [-0.25, -0.2) is 4.79 Å². The molecule has 0 radical (unpaired) electrons. The van der Waals surface area contributed by atoms with Crippen LogP contribution in [0, 0.1) is 11.8 Å². The number of nitrogens with zero attached hydrogens (tertiary/aromatic N) is 1. The summed E-state index contributed by atoms with van der Waals surface area (Å²) >= 11 is 6.06. The number of nitrogens with two attached hydrogens (primary N) is 1. The maximum Gasteiger partial charge on any atom is 0.321 e. The van der Waals surface area contributed by atoms with Gasteiger partial charge in [0.25, 0.3) is 0 Å². The van der Waals surface area contributed by atoms with Crippen LogP contribution in [0.5, 0.6) is 0 Å². The molecule has 0 atom stereocenters. The molecule has 0 heterocycles. The zero-order valence-electron chi connectivity index (χ0n) is 11.2. The molecule has 4 nitrogen and oxygen atoms in total. The Balaban J connectivity index is 2.90. The highest BCUT2D eigenvalue weighted by molar-refractivity contribution is 6.33. The molecule has 0 unspecified atom stereocenters. The van der Waals surface area contributed by atoms with Crippen molar-refractivity contribution >= 4 is 23.3 Å². The molecular weight excluding hydrogens is 262 g/mol. The van der Waals surface area contributed by atoms with Crippen LogP contribution >= 0.6 is 11.6 Å². The van der Waals surface area contributed by atoms with Crippen molar-refractivity contribution in [3.8, 4) is 11.8 Å². The van der Waals surface area contributed by atoms with E-state index in [0.717, 1.165) is 5.56 Å². The summed E-state index contributed by atoms with van der Waals surface area (Å²) in [5, 5.41) is 3.27. The summed E-state index contributed by atoms with van der Waals surface area (Å²) in [5.41, 5.74) is 6.65. The number of rotatable bonds is 3. The Kier molecular flexibility index (Phi) is 6.20. The lowest BCUT2D eigenvalue weighted by Gasteiger charge is -2.19. The fourth-order valence-electron chi connectivity index (χ4n) is 1.56. The fourth-order valence-corrected chi connectivity index (χ4v) is 1.72. The molecule has 0 saturated heterocycles. The van der Waals surface area contributed by atoms with Gasteiger partial charge in [-0.2, -0.15) is 0 Å². The zero-order chi connectivity index (χ0) is 14.3. The van der Waals surface area contributed by atoms with Crippen LogP contribution in [-0.4, -0.2) is 30.6 Å². The van der Waals surface area contributed by atoms with E-state index in [2.05, 4.69) is 17.2 Å². The van der Waals surface area contributed by atoms with E-state index in [1.165, 1.54) is 0 Å². The van der Waals surface area contributed by atoms with E-state index in [9.17, 15) is 4.79 Å². The van der Waals surface area contributed by atoms with Crippen molar-refractivity contribution in [2.24, 2.45) is 5.73 Å². The SMILES string of the molecule is CCN(CC)C(=O)Nc1cc(C#CCN)ccc1Cl. The topological polar surface area (TPSA) is 58.4 Å². The molecule has 0 aliphatic heterocycles. The Morgan fingerprint density at radius 3 is 2.68 bits per heavy atom. The van der Waals surface area contributed by atoms with Crippen LogP contribution in [0.1, 0.15) is 19.4 Å². The molecule has 0 aliphatic rings. The lowest BCUT2D eigenvalue weighted by Crippen LogP contribution is -2.34. The predicted molar refractivity (Wildman–Crippen MR) is 79.3 cm³/mol. The van der Waals surface area contributed by atoms with Crippen LogP contribution in [-0.2, 0) is 0 Å². The number of anilines is 1. The van der Waals surface area contributed by atoms with E-state index in [0.29, 0.717) is 30.3 Å². The van der Waals surface area contributed by atoms with Crippen molar-refractivity contribution in [2.45, 2.75) is 13.8 Å². The first-order valence-electron chi connectivity index (χ1n) is 6.16. The molecule has 0 fully saturated rings. The standard InChI is InChI=1S/C14H18ClN3O/c1-3-18(4-2)14(19)17-13-10-11(6-5-9-16)7-8-12(13)15/h7-8,10H,3-4,9,16H2,1-2H3,(H,17,19). The molecule has 1 aromatic rings. The summed E-state index contributed by atoms with van der Waals surface area (Å²) in [6.07, 6.45) is 0. The molecule has 102 valence electrons. The predicted octanol–water partition coefficient (Wildman–Crippen LogP) is 2.52. The number of halogens is 1. The second kappa shape index (κ2) is 7.67. The molecule has 3 N–H and O–H groups in total. The Morgan fingerprint density at radius 2 is 2.11 bits per heavy atom. The fraction of sp³-hybridized carbons (Fsp3) is 0.357. The van der Waals surface area contributed by atoms with Gasteiger partial charge in [-0.05, 0) is 32.0 Å². The molecule has 0 aliphatic carbocycles. The zero-order valence-corrected chi connectivity index (χ0v) is 11.9. The number of amides is 2. The van der Waals surface area contributed by atoms with Gasteiger partial charge in [0.1, 0.15) is 0 Å². The van der Waals surface area contributed by atoms with Crippen molar-refractivity contribution in [3.63, 3.8) is 0 Å². The largest absolute Gasteiger partial charge is 0.325 e. The van der Waals surface area contributed by atoms with Gasteiger partial charge in [0, 0.05) is 18.7 Å². The molecule has 2 amide bonds. The van der Waals surface area contributed by atoms with Crippen molar-refractivity contribution in [1.29, 1.82) is 0 Å². The van der Waals surface area contributed by atoms with Crippen molar-refractivity contribution in [1.82, 2.24) is 4.90 Å². The third-order valence-corrected chi connectivity index (χ3v) is 2.92. The van der Waals surface area contributed by atoms with Crippen LogP contribution in [0.3, 0.4) is 0 Å². The molecule has 19 heavy (non-hydrogen) atoms. The highest BCUT2D eigenvalue weighted by Crippen LogP contribution is 2.23. The van der Waals surface area contributed by atoms with Crippen LogP contribution in [0.15, 0.2) is 18.2 Å². The summed E-state index contributed by atoms with van der Waals surface area (Å²) in [6, 6.07) is 5.07. The maximum absolute atomic E-state index is 12.0. The number of hydrogen-bond donors (Lipinski definition) is 2. The molecule has 0 aromatic heterocycles. The van der Waals surface area contributed by atoms with E-state index >= 15 is 0 Å². The molecule has 0 saturated carbocycles. The highest BCUT2D eigenvalue weighted by Gasteiger charge is 2.11. The Morgan fingerprint density at radius 1 is 1.42 bits per heavy atom. The van der Waals surface area contributed by atoms with Crippen LogP contribution in [0.25, 0.3) is 0 Å². The molecule has 1 rings (SSSR count). The summed E-state index contributed by atoms with van der Waals surface area (Å²) in [4.78, 5) is 13.6. The number of hydrogen-bond acceptors (Lipinski definition) is 2. The molecule has 0 spiro atoms. The van der Waals surface area contributed by atoms with Gasteiger partial charge >= 0.3 is 6.03 Å². The minimum absolute atomic E-state index is 0.171. The van der Waals surface area contributed by atoms with Gasteiger partial charge in [-0.3, -0.25) is 0 Å². The first kappa shape index (κ1) is 15.4. The Hall–Kier alpha value is -1.70. The third-order valence-electron chi connectivity index (χ3n) is 2.59. The van der Waals surface area contributed by atoms with Crippen molar-refractivity contribution in [2.75, 3.05) is 25.0 Å². The van der Waals surface area contributed by atoms with Crippen molar-refractivity contribution in [3.05, 3.63) is 28.8 Å². The normalized spacial score (nSPS) is 9.47. The van der Waals surface area contributed by atoms with Crippen LogP contribution < -0.4 is 11.1 Å². The minimum Gasteiger partial charge on any atom is -0.325 e. The third kappa shape index (κ3) is 4.47. The van der Waals surface area contributed by atoms with Gasteiger partial charge < -0.3 is 16.0 Å². The number of nitrogens with one attached hydrogen (secondary N) is 1. The minimum atomic E-state index is -0.171. The van der Waals surface area contributed by atoms with E-state index < -0.39 is 0 Å². The highest BCUT2D eigenvalue weighted by atomic mass is 35.5. The first-order valence-corrected chi connectivity index (χ1v) is 6.54. The van der Waals surface area contributed by atoms with Crippen LogP contribution in [0.4, 0.5) is 10.5 Å². The lowest BCUT2D eigenvalue weighted by atomic mass is 10.2.